The molecule has 1 aromatic heterocycles. The number of hydrogen-bond donors (Lipinski definition) is 0. The van der Waals surface area contributed by atoms with Gasteiger partial charge in [0, 0.05) is 57.8 Å². The molecule has 0 spiro atoms. The molecule has 1 heterocycles. The summed E-state index contributed by atoms with van der Waals surface area (Å²) in [7, 11) is 3.09. The molecule has 0 aliphatic heterocycles. The van der Waals surface area contributed by atoms with E-state index in [1.165, 1.54) is 27.9 Å². The van der Waals surface area contributed by atoms with Gasteiger partial charge in [0.2, 0.25) is 0 Å². The van der Waals surface area contributed by atoms with Gasteiger partial charge in [-0.25, -0.2) is 4.98 Å². The average Bonchev–Trinajstić information content (AvgIpc) is 2.84. The SMILES string of the molecule is COc1cc(-c2ccccc2)nc2c1[C@H](OC(C)=O)[C@@H]1CC(OC(C)=O)C[C@H](OC)[C@@H]1[C@@H]2OC(C)=O. The van der Waals surface area contributed by atoms with Gasteiger partial charge in [-0.05, 0) is 6.42 Å². The quantitative estimate of drug-likeness (QED) is 0.433. The number of aromatic nitrogens is 1. The highest BCUT2D eigenvalue weighted by molar-refractivity contribution is 5.69. The van der Waals surface area contributed by atoms with Crippen molar-refractivity contribution in [1.82, 2.24) is 4.98 Å². The summed E-state index contributed by atoms with van der Waals surface area (Å²) in [5, 5.41) is 0. The highest BCUT2D eigenvalue weighted by Gasteiger charge is 2.55. The zero-order chi connectivity index (χ0) is 26.0. The fourth-order valence-electron chi connectivity index (χ4n) is 5.59. The lowest BCUT2D eigenvalue weighted by molar-refractivity contribution is -0.188. The number of carbonyl (C=O) groups excluding carboxylic acids is 3. The van der Waals surface area contributed by atoms with Crippen LogP contribution in [0.5, 0.6) is 5.75 Å². The number of ether oxygens (including phenoxy) is 5. The Labute approximate surface area is 210 Å². The lowest BCUT2D eigenvalue weighted by Crippen LogP contribution is -2.50. The first kappa shape index (κ1) is 25.6. The van der Waals surface area contributed by atoms with Gasteiger partial charge in [-0.2, -0.15) is 0 Å². The van der Waals surface area contributed by atoms with Crippen molar-refractivity contribution < 1.29 is 38.1 Å². The van der Waals surface area contributed by atoms with Crippen LogP contribution in [-0.4, -0.2) is 49.3 Å². The minimum Gasteiger partial charge on any atom is -0.496 e. The Balaban J connectivity index is 1.94. The van der Waals surface area contributed by atoms with Crippen molar-refractivity contribution in [2.45, 2.75) is 58.0 Å². The van der Waals surface area contributed by atoms with Crippen LogP contribution in [0.15, 0.2) is 36.4 Å². The molecule has 4 rings (SSSR count). The Morgan fingerprint density at radius 1 is 0.861 bits per heavy atom. The molecule has 0 N–H and O–H groups in total. The number of hydrogen-bond acceptors (Lipinski definition) is 9. The van der Waals surface area contributed by atoms with Gasteiger partial charge < -0.3 is 23.7 Å². The fourth-order valence-corrected chi connectivity index (χ4v) is 5.59. The van der Waals surface area contributed by atoms with Crippen molar-refractivity contribution in [1.29, 1.82) is 0 Å². The van der Waals surface area contributed by atoms with E-state index in [0.717, 1.165) is 5.56 Å². The average molecular weight is 498 g/mol. The molecule has 0 saturated heterocycles. The molecule has 1 fully saturated rings. The van der Waals surface area contributed by atoms with Crippen LogP contribution in [0.1, 0.15) is 57.1 Å². The summed E-state index contributed by atoms with van der Waals surface area (Å²) in [6, 6.07) is 11.4. The van der Waals surface area contributed by atoms with Gasteiger partial charge in [0.15, 0.2) is 0 Å². The van der Waals surface area contributed by atoms with Crippen molar-refractivity contribution in [2.75, 3.05) is 14.2 Å². The summed E-state index contributed by atoms with van der Waals surface area (Å²) in [6.45, 7) is 4.04. The smallest absolute Gasteiger partial charge is 0.303 e. The number of benzene rings is 1. The van der Waals surface area contributed by atoms with Crippen LogP contribution >= 0.6 is 0 Å². The van der Waals surface area contributed by atoms with Gasteiger partial charge in [-0.3, -0.25) is 14.4 Å². The van der Waals surface area contributed by atoms with E-state index in [2.05, 4.69) is 0 Å². The standard InChI is InChI=1S/C27H31NO8/c1-14(29)34-18-11-19-23(21(12-18)32-4)27(36-16(3)31)25-24(26(19)35-15(2)30)22(33-5)13-20(28-25)17-9-7-6-8-10-17/h6-10,13,18-19,21,23,26-27H,11-12H2,1-5H3/t18?,19-,21+,23-,26-,27+/m1/s1. The number of pyridine rings is 1. The first-order valence-electron chi connectivity index (χ1n) is 11.9. The maximum atomic E-state index is 12.3. The molecule has 0 amide bonds. The Bertz CT molecular complexity index is 1130. The predicted octanol–water partition coefficient (Wildman–Crippen LogP) is 3.95. The van der Waals surface area contributed by atoms with Crippen molar-refractivity contribution >= 4 is 17.9 Å². The van der Waals surface area contributed by atoms with E-state index < -0.39 is 48.2 Å². The third-order valence-electron chi connectivity index (χ3n) is 6.81. The molecule has 192 valence electrons. The minimum atomic E-state index is -0.782. The Kier molecular flexibility index (Phi) is 7.59. The largest absolute Gasteiger partial charge is 0.496 e. The molecular formula is C27H31NO8. The molecule has 9 heteroatoms. The number of carbonyl (C=O) groups is 3. The second-order valence-electron chi connectivity index (χ2n) is 9.15. The number of esters is 3. The van der Waals surface area contributed by atoms with Crippen molar-refractivity contribution in [3.8, 4) is 17.0 Å². The molecule has 9 nitrogen and oxygen atoms in total. The number of methoxy groups -OCH3 is 2. The molecular weight excluding hydrogens is 466 g/mol. The molecule has 1 aromatic carbocycles. The van der Waals surface area contributed by atoms with E-state index in [4.69, 9.17) is 28.7 Å². The summed E-state index contributed by atoms with van der Waals surface area (Å²) >= 11 is 0. The van der Waals surface area contributed by atoms with Gasteiger partial charge in [-0.1, -0.05) is 30.3 Å². The van der Waals surface area contributed by atoms with Gasteiger partial charge in [-0.15, -0.1) is 0 Å². The van der Waals surface area contributed by atoms with Crippen molar-refractivity contribution in [3.63, 3.8) is 0 Å². The first-order valence-corrected chi connectivity index (χ1v) is 11.9. The summed E-state index contributed by atoms with van der Waals surface area (Å²) in [5.74, 6) is -1.68. The summed E-state index contributed by atoms with van der Waals surface area (Å²) in [4.78, 5) is 41.2. The highest BCUT2D eigenvalue weighted by Crippen LogP contribution is 2.56. The minimum absolute atomic E-state index is 0.382. The molecule has 2 aliphatic rings. The van der Waals surface area contributed by atoms with Crippen molar-refractivity contribution in [2.24, 2.45) is 11.8 Å². The van der Waals surface area contributed by atoms with Crippen LogP contribution < -0.4 is 4.74 Å². The molecule has 36 heavy (non-hydrogen) atoms. The maximum Gasteiger partial charge on any atom is 0.303 e. The second kappa shape index (κ2) is 10.7. The van der Waals surface area contributed by atoms with E-state index >= 15 is 0 Å². The van der Waals surface area contributed by atoms with Crippen LogP contribution in [0.2, 0.25) is 0 Å². The normalized spacial score (nSPS) is 26.7. The molecule has 2 aliphatic carbocycles. The van der Waals surface area contributed by atoms with E-state index in [1.807, 2.05) is 30.3 Å². The molecule has 6 atom stereocenters. The first-order chi connectivity index (χ1) is 17.2. The Morgan fingerprint density at radius 2 is 1.50 bits per heavy atom. The van der Waals surface area contributed by atoms with Crippen LogP contribution in [0.25, 0.3) is 11.3 Å². The topological polar surface area (TPSA) is 110 Å². The fraction of sp³-hybridized carbons (Fsp3) is 0.481. The van der Waals surface area contributed by atoms with E-state index in [-0.39, 0.29) is 5.92 Å². The summed E-state index contributed by atoms with van der Waals surface area (Å²) in [5.41, 5.74) is 2.49. The zero-order valence-corrected chi connectivity index (χ0v) is 21.1. The lowest BCUT2D eigenvalue weighted by atomic mass is 9.64. The third-order valence-corrected chi connectivity index (χ3v) is 6.81. The zero-order valence-electron chi connectivity index (χ0n) is 21.1. The Morgan fingerprint density at radius 3 is 2.08 bits per heavy atom. The maximum absolute atomic E-state index is 12.3. The van der Waals surface area contributed by atoms with Crippen LogP contribution in [0.3, 0.4) is 0 Å². The summed E-state index contributed by atoms with van der Waals surface area (Å²) in [6.07, 6.45) is -1.64. The number of fused-ring (bicyclic) bond motifs is 2. The van der Waals surface area contributed by atoms with Gasteiger partial charge in [0.25, 0.3) is 0 Å². The van der Waals surface area contributed by atoms with Crippen molar-refractivity contribution in [3.05, 3.63) is 47.7 Å². The lowest BCUT2D eigenvalue weighted by Gasteiger charge is -2.49. The van der Waals surface area contributed by atoms with E-state index in [1.54, 1.807) is 13.2 Å². The van der Waals surface area contributed by atoms with Crippen LogP contribution in [0.4, 0.5) is 0 Å². The Hall–Kier alpha value is -3.46. The van der Waals surface area contributed by atoms with E-state index in [9.17, 15) is 14.4 Å². The predicted molar refractivity (Wildman–Crippen MR) is 128 cm³/mol. The van der Waals surface area contributed by atoms with Gasteiger partial charge in [0.1, 0.15) is 24.1 Å². The van der Waals surface area contributed by atoms with Gasteiger partial charge in [0.05, 0.1) is 30.2 Å². The van der Waals surface area contributed by atoms with Crippen LogP contribution in [-0.2, 0) is 33.3 Å². The highest BCUT2D eigenvalue weighted by atomic mass is 16.6. The second-order valence-corrected chi connectivity index (χ2v) is 9.15. The molecule has 0 radical (unpaired) electrons. The number of nitrogens with zero attached hydrogens (tertiary/aromatic N) is 1. The summed E-state index contributed by atoms with van der Waals surface area (Å²) < 4.78 is 28.9. The monoisotopic (exact) mass is 497 g/mol. The van der Waals surface area contributed by atoms with Gasteiger partial charge >= 0.3 is 17.9 Å². The molecule has 1 saturated carbocycles. The van der Waals surface area contributed by atoms with E-state index in [0.29, 0.717) is 35.5 Å². The van der Waals surface area contributed by atoms with Crippen LogP contribution in [0, 0.1) is 11.8 Å². The third kappa shape index (κ3) is 5.06. The number of rotatable bonds is 6. The molecule has 2 aromatic rings. The molecule has 1 unspecified atom stereocenters. The molecule has 0 bridgehead atoms.